The summed E-state index contributed by atoms with van der Waals surface area (Å²) in [6.45, 7) is 0. The summed E-state index contributed by atoms with van der Waals surface area (Å²) in [5.74, 6) is -1.88. The molecule has 6 aliphatic heterocycles. The number of allylic oxidation sites excluding steroid dienone is 2. The number of hydrogen-bond donors (Lipinski definition) is 1. The normalized spacial score (nSPS) is 32.1. The van der Waals surface area contributed by atoms with Crippen molar-refractivity contribution in [1.29, 1.82) is 0 Å². The van der Waals surface area contributed by atoms with Gasteiger partial charge in [-0.3, -0.25) is 14.4 Å². The first-order valence-corrected chi connectivity index (χ1v) is 18.6. The molecule has 2 aromatic carbocycles. The first kappa shape index (κ1) is 30.4. The molecule has 1 N–H and O–H groups in total. The number of piperazine rings is 1. The van der Waals surface area contributed by atoms with E-state index in [2.05, 4.69) is 0 Å². The number of fused-ring (bicyclic) bond motifs is 4. The van der Waals surface area contributed by atoms with E-state index in [1.807, 2.05) is 42.5 Å². The van der Waals surface area contributed by atoms with Crippen LogP contribution in [-0.4, -0.2) is 72.7 Å². The summed E-state index contributed by atoms with van der Waals surface area (Å²) in [6, 6.07) is 16.3. The average Bonchev–Trinajstić information content (AvgIpc) is 3.44. The number of amides is 2. The number of esters is 2. The highest BCUT2D eigenvalue weighted by Gasteiger charge is 2.75. The second-order valence-electron chi connectivity index (χ2n) is 12.0. The van der Waals surface area contributed by atoms with E-state index >= 15 is 0 Å². The summed E-state index contributed by atoms with van der Waals surface area (Å²) >= 11 is 0. The molecule has 2 spiro atoms. The third kappa shape index (κ3) is 4.77. The monoisotopic (exact) mass is 688 g/mol. The molecule has 2 amide bonds. The van der Waals surface area contributed by atoms with E-state index in [1.165, 1.54) is 50.0 Å². The molecule has 2 bridgehead atoms. The van der Waals surface area contributed by atoms with E-state index in [1.54, 1.807) is 46.2 Å². The molecule has 47 heavy (non-hydrogen) atoms. The van der Waals surface area contributed by atoms with E-state index in [-0.39, 0.29) is 31.1 Å². The van der Waals surface area contributed by atoms with Crippen molar-refractivity contribution in [3.63, 3.8) is 0 Å². The van der Waals surface area contributed by atoms with Crippen molar-refractivity contribution in [3.05, 3.63) is 120 Å². The highest BCUT2D eigenvalue weighted by atomic mass is 33.5. The predicted molar refractivity (Wildman–Crippen MR) is 176 cm³/mol. The van der Waals surface area contributed by atoms with Crippen LogP contribution < -0.4 is 0 Å². The van der Waals surface area contributed by atoms with Crippen LogP contribution in [0, 0.1) is 0 Å². The molecule has 0 saturated carbocycles. The summed E-state index contributed by atoms with van der Waals surface area (Å²) in [5.41, 5.74) is 2.63. The highest BCUT2D eigenvalue weighted by Crippen LogP contribution is 2.69. The smallest absolute Gasteiger partial charge is 0.340 e. The third-order valence-corrected chi connectivity index (χ3v) is 14.3. The van der Waals surface area contributed by atoms with Gasteiger partial charge in [0.2, 0.25) is 0 Å². The lowest BCUT2D eigenvalue weighted by Crippen LogP contribution is -2.73. The molecule has 0 radical (unpaired) electrons. The van der Waals surface area contributed by atoms with E-state index in [4.69, 9.17) is 14.2 Å². The number of aliphatic hydroxyl groups is 1. The Morgan fingerprint density at radius 1 is 0.872 bits per heavy atom. The van der Waals surface area contributed by atoms with Crippen molar-refractivity contribution in [1.82, 2.24) is 9.80 Å². The number of carbonyl (C=O) groups excluding carboxylic acids is 4. The largest absolute Gasteiger partial charge is 0.473 e. The van der Waals surface area contributed by atoms with Crippen LogP contribution in [0.1, 0.15) is 30.1 Å². The van der Waals surface area contributed by atoms with Gasteiger partial charge < -0.3 is 29.1 Å². The van der Waals surface area contributed by atoms with Crippen LogP contribution in [0.5, 0.6) is 0 Å². The maximum atomic E-state index is 14.9. The topological polar surface area (TPSA) is 123 Å². The minimum absolute atomic E-state index is 0.0789. The Kier molecular flexibility index (Phi) is 7.54. The van der Waals surface area contributed by atoms with Crippen LogP contribution in [0.3, 0.4) is 0 Å². The average molecular weight is 689 g/mol. The van der Waals surface area contributed by atoms with E-state index in [9.17, 15) is 24.3 Å². The molecule has 240 valence electrons. The van der Waals surface area contributed by atoms with Crippen LogP contribution in [0.15, 0.2) is 109 Å². The SMILES string of the molecule is O=C(Cc1ccccc1)O[C@H]1C=CC=C2C[C@@]34SSS[C@]5(CC6=COC=C[C@H](OC(=O)[C@H](O)c7ccccc7)[C@H]6N5C3=O)C(=O)N4[C@@H]21. The number of nitrogens with zero attached hydrogens (tertiary/aromatic N) is 2. The Hall–Kier alpha value is -3.91. The fourth-order valence-corrected chi connectivity index (χ4v) is 13.2. The molecule has 0 aromatic heterocycles. The molecule has 5 saturated heterocycles. The van der Waals surface area contributed by atoms with Crippen molar-refractivity contribution < 1.29 is 38.5 Å². The molecular weight excluding hydrogens is 661 g/mol. The van der Waals surface area contributed by atoms with E-state index in [0.717, 1.165) is 11.1 Å². The van der Waals surface area contributed by atoms with Gasteiger partial charge in [-0.25, -0.2) is 4.79 Å². The molecule has 5 fully saturated rings. The molecule has 7 atom stereocenters. The van der Waals surface area contributed by atoms with Crippen LogP contribution in [0.2, 0.25) is 0 Å². The zero-order valence-electron chi connectivity index (χ0n) is 24.7. The molecule has 9 rings (SSSR count). The van der Waals surface area contributed by atoms with Gasteiger partial charge in [0.15, 0.2) is 15.8 Å². The van der Waals surface area contributed by atoms with Crippen LogP contribution in [-0.2, 0) is 39.8 Å². The van der Waals surface area contributed by atoms with Gasteiger partial charge in [0.1, 0.15) is 12.2 Å². The Balaban J connectivity index is 1.11. The molecule has 13 heteroatoms. The molecule has 10 nitrogen and oxygen atoms in total. The first-order chi connectivity index (χ1) is 22.8. The second kappa shape index (κ2) is 11.7. The third-order valence-electron chi connectivity index (χ3n) is 9.28. The number of benzene rings is 2. The van der Waals surface area contributed by atoms with Crippen LogP contribution >= 0.6 is 31.4 Å². The number of carbonyl (C=O) groups is 4. The van der Waals surface area contributed by atoms with Crippen molar-refractivity contribution in [2.45, 2.75) is 59.4 Å². The van der Waals surface area contributed by atoms with Crippen LogP contribution in [0.4, 0.5) is 0 Å². The van der Waals surface area contributed by atoms with Gasteiger partial charge in [-0.05, 0) is 65.8 Å². The molecular formula is C34H28N2O8S3. The van der Waals surface area contributed by atoms with Gasteiger partial charge in [0.05, 0.1) is 31.0 Å². The number of rotatable bonds is 6. The number of ether oxygens (including phenoxy) is 3. The molecule has 0 unspecified atom stereocenters. The first-order valence-electron chi connectivity index (χ1n) is 15.1. The van der Waals surface area contributed by atoms with Crippen molar-refractivity contribution in [2.24, 2.45) is 0 Å². The molecule has 2 aromatic rings. The lowest BCUT2D eigenvalue weighted by molar-refractivity contribution is -0.173. The second-order valence-corrected chi connectivity index (χ2v) is 16.5. The fourth-order valence-electron chi connectivity index (χ4n) is 7.24. The van der Waals surface area contributed by atoms with Gasteiger partial charge in [0.25, 0.3) is 11.8 Å². The summed E-state index contributed by atoms with van der Waals surface area (Å²) < 4.78 is 17.5. The van der Waals surface area contributed by atoms with E-state index in [0.29, 0.717) is 11.1 Å². The Morgan fingerprint density at radius 3 is 2.19 bits per heavy atom. The number of aliphatic hydroxyl groups excluding tert-OH is 1. The molecule has 7 aliphatic rings. The van der Waals surface area contributed by atoms with Gasteiger partial charge in [-0.1, -0.05) is 72.8 Å². The quantitative estimate of drug-likeness (QED) is 0.344. The van der Waals surface area contributed by atoms with Crippen molar-refractivity contribution in [3.8, 4) is 0 Å². The molecule has 1 aliphatic carbocycles. The lowest BCUT2D eigenvalue weighted by Gasteiger charge is -2.51. The van der Waals surface area contributed by atoms with Gasteiger partial charge in [0, 0.05) is 12.8 Å². The zero-order chi connectivity index (χ0) is 32.3. The minimum atomic E-state index is -1.54. The zero-order valence-corrected chi connectivity index (χ0v) is 27.1. The van der Waals surface area contributed by atoms with Crippen molar-refractivity contribution >= 4 is 55.2 Å². The van der Waals surface area contributed by atoms with Gasteiger partial charge in [-0.2, -0.15) is 0 Å². The van der Waals surface area contributed by atoms with Gasteiger partial charge >= 0.3 is 11.9 Å². The van der Waals surface area contributed by atoms with Crippen molar-refractivity contribution in [2.75, 3.05) is 0 Å². The Bertz CT molecular complexity index is 1780. The maximum absolute atomic E-state index is 14.9. The molecule has 6 heterocycles. The lowest BCUT2D eigenvalue weighted by atomic mass is 9.96. The fraction of sp³-hybridized carbons (Fsp3) is 0.294. The maximum Gasteiger partial charge on any atom is 0.340 e. The summed E-state index contributed by atoms with van der Waals surface area (Å²) in [4.78, 5) is 56.7. The summed E-state index contributed by atoms with van der Waals surface area (Å²) in [7, 11) is 4.01. The minimum Gasteiger partial charge on any atom is -0.473 e. The van der Waals surface area contributed by atoms with Gasteiger partial charge in [-0.15, -0.1) is 0 Å². The standard InChI is InChI=1S/C34H28N2O8S3/c37-26(16-20-8-3-1-4-9-20)43-24-13-7-12-22-17-33-31(40)36-28-23(18-34(36,46-47-45-33)32(41)35(33)27(22)24)19-42-15-14-25(28)44-30(39)29(38)21-10-5-2-6-11-21/h1-15,19,24-25,27-29,38H,16-18H2/t24-,25-,27-,28-,29+,33+,34+/m0/s1. The van der Waals surface area contributed by atoms with Crippen LogP contribution in [0.25, 0.3) is 0 Å². The summed E-state index contributed by atoms with van der Waals surface area (Å²) in [5, 5.41) is 10.8. The highest BCUT2D eigenvalue weighted by molar-refractivity contribution is 9.10. The summed E-state index contributed by atoms with van der Waals surface area (Å²) in [6.07, 6.45) is 7.02. The Morgan fingerprint density at radius 2 is 1.49 bits per heavy atom. The predicted octanol–water partition coefficient (Wildman–Crippen LogP) is 4.36. The number of hydrogen-bond acceptors (Lipinski definition) is 11. The Labute approximate surface area is 281 Å². The van der Waals surface area contributed by atoms with E-state index < -0.39 is 52.1 Å².